The molecule has 0 saturated heterocycles. The van der Waals surface area contributed by atoms with Crippen LogP contribution in [-0.2, 0) is 0 Å². The van der Waals surface area contributed by atoms with Crippen LogP contribution in [0.4, 0.5) is 0 Å². The van der Waals surface area contributed by atoms with Crippen LogP contribution in [0.25, 0.3) is 0 Å². The summed E-state index contributed by atoms with van der Waals surface area (Å²) in [6.07, 6.45) is 16.3. The topological polar surface area (TPSA) is 0 Å². The molecule has 0 bridgehead atoms. The van der Waals surface area contributed by atoms with E-state index < -0.39 is 7.38 Å². The third-order valence-electron chi connectivity index (χ3n) is 5.55. The van der Waals surface area contributed by atoms with Crippen LogP contribution >= 0.6 is 11.1 Å². The summed E-state index contributed by atoms with van der Waals surface area (Å²) in [5, 5.41) is 0. The van der Waals surface area contributed by atoms with Crippen LogP contribution in [0.5, 0.6) is 0 Å². The highest BCUT2D eigenvalue weighted by Crippen LogP contribution is 2.43. The fourth-order valence-corrected chi connectivity index (χ4v) is 6.67. The SMILES string of the molecule is C[Si](C)(Cl)C1CCCC(C2CCCCCC2)CC1. The van der Waals surface area contributed by atoms with Crippen LogP contribution < -0.4 is 0 Å². The molecule has 0 aliphatic heterocycles. The van der Waals surface area contributed by atoms with Crippen molar-refractivity contribution in [2.45, 2.75) is 89.3 Å². The van der Waals surface area contributed by atoms with Gasteiger partial charge in [0.25, 0.3) is 0 Å². The molecule has 0 nitrogen and oxygen atoms in total. The minimum absolute atomic E-state index is 0.884. The van der Waals surface area contributed by atoms with Gasteiger partial charge in [0, 0.05) is 0 Å². The van der Waals surface area contributed by atoms with Crippen molar-refractivity contribution in [3.05, 3.63) is 0 Å². The highest BCUT2D eigenvalue weighted by atomic mass is 35.6. The summed E-state index contributed by atoms with van der Waals surface area (Å²) < 4.78 is 0. The van der Waals surface area contributed by atoms with Crippen molar-refractivity contribution in [2.75, 3.05) is 0 Å². The molecular formula is C16H31ClSi. The molecule has 2 heteroatoms. The first-order valence-electron chi connectivity index (χ1n) is 8.26. The molecule has 0 spiro atoms. The second-order valence-electron chi connectivity index (χ2n) is 7.28. The summed E-state index contributed by atoms with van der Waals surface area (Å²) in [7, 11) is -1.41. The molecule has 0 aromatic heterocycles. The van der Waals surface area contributed by atoms with E-state index in [4.69, 9.17) is 11.1 Å². The van der Waals surface area contributed by atoms with Gasteiger partial charge in [-0.2, -0.15) is 11.1 Å². The Morgan fingerprint density at radius 3 is 1.83 bits per heavy atom. The molecule has 0 aromatic carbocycles. The van der Waals surface area contributed by atoms with Gasteiger partial charge in [0.05, 0.1) is 0 Å². The van der Waals surface area contributed by atoms with Gasteiger partial charge in [-0.25, -0.2) is 0 Å². The fourth-order valence-electron chi connectivity index (χ4n) is 4.27. The second-order valence-corrected chi connectivity index (χ2v) is 14.1. The average molecular weight is 287 g/mol. The van der Waals surface area contributed by atoms with Crippen molar-refractivity contribution in [1.82, 2.24) is 0 Å². The summed E-state index contributed by atoms with van der Waals surface area (Å²) in [5.74, 6) is 2.10. The zero-order valence-corrected chi connectivity index (χ0v) is 14.1. The van der Waals surface area contributed by atoms with Crippen LogP contribution in [0.15, 0.2) is 0 Å². The Morgan fingerprint density at radius 1 is 0.667 bits per heavy atom. The Morgan fingerprint density at radius 2 is 1.22 bits per heavy atom. The van der Waals surface area contributed by atoms with Gasteiger partial charge >= 0.3 is 0 Å². The molecule has 0 N–H and O–H groups in total. The van der Waals surface area contributed by atoms with Crippen molar-refractivity contribution >= 4 is 18.5 Å². The van der Waals surface area contributed by atoms with Gasteiger partial charge in [0.1, 0.15) is 0 Å². The van der Waals surface area contributed by atoms with Gasteiger partial charge in [0.2, 0.25) is 0 Å². The maximum atomic E-state index is 6.68. The zero-order valence-electron chi connectivity index (χ0n) is 12.4. The van der Waals surface area contributed by atoms with Gasteiger partial charge in [-0.3, -0.25) is 0 Å². The molecule has 2 atom stereocenters. The van der Waals surface area contributed by atoms with E-state index in [0.717, 1.165) is 17.4 Å². The molecule has 2 unspecified atom stereocenters. The highest BCUT2D eigenvalue weighted by molar-refractivity contribution is 7.19. The molecular weight excluding hydrogens is 256 g/mol. The minimum atomic E-state index is -1.41. The van der Waals surface area contributed by atoms with Gasteiger partial charge in [-0.1, -0.05) is 83.7 Å². The van der Waals surface area contributed by atoms with Crippen molar-refractivity contribution in [3.8, 4) is 0 Å². The first-order chi connectivity index (χ1) is 8.57. The van der Waals surface area contributed by atoms with E-state index in [0.29, 0.717) is 0 Å². The lowest BCUT2D eigenvalue weighted by Gasteiger charge is -2.27. The Hall–Kier alpha value is 0.507. The van der Waals surface area contributed by atoms with Crippen LogP contribution in [0.2, 0.25) is 18.6 Å². The van der Waals surface area contributed by atoms with E-state index in [9.17, 15) is 0 Å². The maximum absolute atomic E-state index is 6.68. The standard InChI is InChI=1S/C16H31ClSi/c1-18(2,17)16-11-7-10-15(12-13-16)14-8-5-3-4-6-9-14/h14-16H,3-13H2,1-2H3. The zero-order chi connectivity index (χ0) is 13.0. The average Bonchev–Trinajstić information content (AvgIpc) is 2.70. The van der Waals surface area contributed by atoms with E-state index in [-0.39, 0.29) is 0 Å². The molecule has 18 heavy (non-hydrogen) atoms. The fraction of sp³-hybridized carbons (Fsp3) is 1.00. The summed E-state index contributed by atoms with van der Waals surface area (Å²) in [6, 6.07) is 0. The lowest BCUT2D eigenvalue weighted by molar-refractivity contribution is 0.269. The second kappa shape index (κ2) is 6.79. The Bertz CT molecular complexity index is 238. The molecule has 2 aliphatic rings. The third kappa shape index (κ3) is 4.26. The summed E-state index contributed by atoms with van der Waals surface area (Å²) in [5.41, 5.74) is 0.884. The predicted molar refractivity (Wildman–Crippen MR) is 84.9 cm³/mol. The molecule has 2 aliphatic carbocycles. The number of rotatable bonds is 2. The van der Waals surface area contributed by atoms with E-state index in [2.05, 4.69) is 13.1 Å². The van der Waals surface area contributed by atoms with Crippen LogP contribution in [0.1, 0.15) is 70.6 Å². The van der Waals surface area contributed by atoms with Crippen molar-refractivity contribution in [2.24, 2.45) is 11.8 Å². The van der Waals surface area contributed by atoms with E-state index in [1.807, 2.05) is 0 Å². The molecule has 2 fully saturated rings. The first kappa shape index (κ1) is 14.9. The molecule has 106 valence electrons. The quantitative estimate of drug-likeness (QED) is 0.315. The smallest absolute Gasteiger partial charge is 0.153 e. The Kier molecular flexibility index (Phi) is 5.62. The van der Waals surface area contributed by atoms with Crippen molar-refractivity contribution < 1.29 is 0 Å². The first-order valence-corrected chi connectivity index (χ1v) is 12.3. The van der Waals surface area contributed by atoms with Crippen LogP contribution in [-0.4, -0.2) is 7.38 Å². The Balaban J connectivity index is 1.88. The van der Waals surface area contributed by atoms with Gasteiger partial charge < -0.3 is 0 Å². The lowest BCUT2D eigenvalue weighted by Crippen LogP contribution is -2.25. The lowest BCUT2D eigenvalue weighted by atomic mass is 9.81. The number of hydrogen-bond donors (Lipinski definition) is 0. The number of hydrogen-bond acceptors (Lipinski definition) is 0. The van der Waals surface area contributed by atoms with Crippen molar-refractivity contribution in [1.29, 1.82) is 0 Å². The maximum Gasteiger partial charge on any atom is 0.153 e. The summed E-state index contributed by atoms with van der Waals surface area (Å²) in [4.78, 5) is 0. The third-order valence-corrected chi connectivity index (χ3v) is 9.00. The van der Waals surface area contributed by atoms with E-state index in [1.54, 1.807) is 0 Å². The largest absolute Gasteiger partial charge is 0.167 e. The van der Waals surface area contributed by atoms with Gasteiger partial charge in [-0.15, -0.1) is 0 Å². The number of halogens is 1. The monoisotopic (exact) mass is 286 g/mol. The Labute approximate surface area is 120 Å². The van der Waals surface area contributed by atoms with E-state index in [1.165, 1.54) is 70.6 Å². The van der Waals surface area contributed by atoms with Crippen LogP contribution in [0, 0.1) is 11.8 Å². The molecule has 0 heterocycles. The predicted octanol–water partition coefficient (Wildman–Crippen LogP) is 6.35. The van der Waals surface area contributed by atoms with Crippen LogP contribution in [0.3, 0.4) is 0 Å². The summed E-state index contributed by atoms with van der Waals surface area (Å²) >= 11 is 6.68. The molecule has 2 saturated carbocycles. The van der Waals surface area contributed by atoms with E-state index >= 15 is 0 Å². The van der Waals surface area contributed by atoms with Gasteiger partial charge in [0.15, 0.2) is 7.38 Å². The van der Waals surface area contributed by atoms with Gasteiger partial charge in [-0.05, 0) is 17.4 Å². The normalized spacial score (nSPS) is 32.8. The highest BCUT2D eigenvalue weighted by Gasteiger charge is 2.33. The molecule has 0 aromatic rings. The van der Waals surface area contributed by atoms with Crippen molar-refractivity contribution in [3.63, 3.8) is 0 Å². The summed E-state index contributed by atoms with van der Waals surface area (Å²) in [6.45, 7) is 4.70. The molecule has 2 rings (SSSR count). The molecule has 0 radical (unpaired) electrons. The molecule has 0 amide bonds. The minimum Gasteiger partial charge on any atom is -0.167 e.